The molecule has 5 heteroatoms. The van der Waals surface area contributed by atoms with Crippen LogP contribution in [-0.2, 0) is 4.79 Å². The average Bonchev–Trinajstić information content (AvgIpc) is 2.62. The Hall–Kier alpha value is -2.01. The van der Waals surface area contributed by atoms with Gasteiger partial charge in [0.2, 0.25) is 5.91 Å². The Morgan fingerprint density at radius 2 is 2.00 bits per heavy atom. The second kappa shape index (κ2) is 3.62. The smallest absolute Gasteiger partial charge is 0.248 e. The molecule has 0 saturated heterocycles. The molecule has 1 aromatic carbocycles. The fourth-order valence-electron chi connectivity index (χ4n) is 1.43. The minimum absolute atomic E-state index is 0.288. The van der Waals surface area contributed by atoms with Crippen LogP contribution in [0, 0.1) is 0 Å². The molecule has 0 spiro atoms. The fourth-order valence-corrected chi connectivity index (χ4v) is 1.43. The van der Waals surface area contributed by atoms with Crippen molar-refractivity contribution in [3.05, 3.63) is 42.1 Å². The number of amides is 1. The fraction of sp³-hybridized carbons (Fsp3) is 0.100. The molecular formula is C10H11N3O2. The molecular weight excluding hydrogens is 194 g/mol. The van der Waals surface area contributed by atoms with Crippen molar-refractivity contribution in [2.45, 2.75) is 0 Å². The summed E-state index contributed by atoms with van der Waals surface area (Å²) >= 11 is 0. The summed E-state index contributed by atoms with van der Waals surface area (Å²) in [4.78, 5) is 10.9. The molecule has 1 aliphatic rings. The Balaban J connectivity index is 2.20. The number of rotatable bonds is 2. The van der Waals surface area contributed by atoms with Gasteiger partial charge in [0.15, 0.2) is 0 Å². The molecule has 0 fully saturated rings. The first kappa shape index (κ1) is 9.54. The highest BCUT2D eigenvalue weighted by Crippen LogP contribution is 2.21. The van der Waals surface area contributed by atoms with E-state index < -0.39 is 5.91 Å². The number of anilines is 1. The summed E-state index contributed by atoms with van der Waals surface area (Å²) in [6, 6.07) is 9.25. The van der Waals surface area contributed by atoms with Crippen LogP contribution in [0.15, 0.2) is 42.1 Å². The van der Waals surface area contributed by atoms with E-state index >= 15 is 0 Å². The predicted molar refractivity (Wildman–Crippen MR) is 54.7 cm³/mol. The maximum atomic E-state index is 10.9. The first-order valence-corrected chi connectivity index (χ1v) is 4.49. The lowest BCUT2D eigenvalue weighted by molar-refractivity contribution is -0.114. The molecule has 0 aromatic heterocycles. The lowest BCUT2D eigenvalue weighted by Crippen LogP contribution is -2.33. The molecule has 78 valence electrons. The van der Waals surface area contributed by atoms with Gasteiger partial charge >= 0.3 is 0 Å². The summed E-state index contributed by atoms with van der Waals surface area (Å²) < 4.78 is 0. The highest BCUT2D eigenvalue weighted by Gasteiger charge is 2.23. The number of primary amides is 1. The lowest BCUT2D eigenvalue weighted by atomic mass is 10.2. The molecule has 1 aliphatic heterocycles. The van der Waals surface area contributed by atoms with Crippen molar-refractivity contribution in [2.75, 3.05) is 11.6 Å². The van der Waals surface area contributed by atoms with Crippen molar-refractivity contribution in [3.63, 3.8) is 0 Å². The predicted octanol–water partition coefficient (Wildman–Crippen LogP) is 0.482. The first-order chi connectivity index (χ1) is 7.18. The Kier molecular flexibility index (Phi) is 2.31. The van der Waals surface area contributed by atoms with Crippen molar-refractivity contribution in [1.29, 1.82) is 0 Å². The molecule has 1 aromatic rings. The van der Waals surface area contributed by atoms with Gasteiger partial charge in [0.05, 0.1) is 24.0 Å². The number of carbonyl (C=O) groups is 1. The molecule has 1 amide bonds. The van der Waals surface area contributed by atoms with Gasteiger partial charge in [-0.05, 0) is 12.1 Å². The van der Waals surface area contributed by atoms with Crippen LogP contribution < -0.4 is 10.7 Å². The summed E-state index contributed by atoms with van der Waals surface area (Å²) in [6.07, 6.45) is 1.31. The van der Waals surface area contributed by atoms with Crippen molar-refractivity contribution in [2.24, 2.45) is 5.73 Å². The lowest BCUT2D eigenvalue weighted by Gasteiger charge is -2.24. The Labute approximate surface area is 86.9 Å². The van der Waals surface area contributed by atoms with Crippen LogP contribution in [-0.4, -0.2) is 22.8 Å². The molecule has 3 N–H and O–H groups in total. The van der Waals surface area contributed by atoms with E-state index in [2.05, 4.69) is 0 Å². The van der Waals surface area contributed by atoms with Gasteiger partial charge in [-0.15, -0.1) is 0 Å². The van der Waals surface area contributed by atoms with Gasteiger partial charge in [0.1, 0.15) is 0 Å². The molecule has 0 radical (unpaired) electrons. The van der Waals surface area contributed by atoms with E-state index in [1.54, 1.807) is 5.01 Å². The summed E-state index contributed by atoms with van der Waals surface area (Å²) in [6.45, 7) is 0.288. The summed E-state index contributed by atoms with van der Waals surface area (Å²) in [5.41, 5.74) is 6.30. The number of nitrogens with zero attached hydrogens (tertiary/aromatic N) is 2. The van der Waals surface area contributed by atoms with Gasteiger partial charge in [-0.2, -0.15) is 5.17 Å². The highest BCUT2D eigenvalue weighted by molar-refractivity contribution is 5.93. The van der Waals surface area contributed by atoms with Crippen LogP contribution in [0.3, 0.4) is 0 Å². The number of hydrogen-bond donors (Lipinski definition) is 2. The van der Waals surface area contributed by atoms with E-state index in [4.69, 9.17) is 5.73 Å². The largest absolute Gasteiger partial charge is 0.366 e. The second-order valence-corrected chi connectivity index (χ2v) is 3.23. The summed E-state index contributed by atoms with van der Waals surface area (Å²) in [7, 11) is 0. The third-order valence-corrected chi connectivity index (χ3v) is 2.21. The van der Waals surface area contributed by atoms with E-state index in [9.17, 15) is 10.0 Å². The average molecular weight is 205 g/mol. The van der Waals surface area contributed by atoms with Gasteiger partial charge in [0.25, 0.3) is 0 Å². The molecule has 5 nitrogen and oxygen atoms in total. The number of hydrazine groups is 1. The normalized spacial score (nSPS) is 15.4. The number of benzene rings is 1. The Morgan fingerprint density at radius 1 is 1.33 bits per heavy atom. The number of nitrogens with two attached hydrogens (primary N) is 1. The molecule has 0 atom stereocenters. The van der Waals surface area contributed by atoms with Crippen LogP contribution in [0.4, 0.5) is 5.69 Å². The zero-order valence-electron chi connectivity index (χ0n) is 8.00. The molecule has 0 unspecified atom stereocenters. The minimum Gasteiger partial charge on any atom is -0.366 e. The first-order valence-electron chi connectivity index (χ1n) is 4.49. The van der Waals surface area contributed by atoms with Gasteiger partial charge in [-0.1, -0.05) is 18.2 Å². The third kappa shape index (κ3) is 1.77. The van der Waals surface area contributed by atoms with Crippen molar-refractivity contribution in [1.82, 2.24) is 5.17 Å². The van der Waals surface area contributed by atoms with Crippen molar-refractivity contribution in [3.8, 4) is 0 Å². The summed E-state index contributed by atoms with van der Waals surface area (Å²) in [5.74, 6) is -0.521. The number of hydrogen-bond acceptors (Lipinski definition) is 4. The second-order valence-electron chi connectivity index (χ2n) is 3.23. The van der Waals surface area contributed by atoms with Gasteiger partial charge < -0.3 is 5.73 Å². The van der Waals surface area contributed by atoms with Gasteiger partial charge in [-0.3, -0.25) is 15.0 Å². The Morgan fingerprint density at radius 3 is 2.53 bits per heavy atom. The monoisotopic (exact) mass is 205 g/mol. The minimum atomic E-state index is -0.521. The van der Waals surface area contributed by atoms with Crippen molar-refractivity contribution < 1.29 is 10.0 Å². The molecule has 0 aliphatic carbocycles. The maximum Gasteiger partial charge on any atom is 0.248 e. The molecule has 2 rings (SSSR count). The number of hydroxylamine groups is 1. The summed E-state index contributed by atoms with van der Waals surface area (Å²) in [5, 5.41) is 11.9. The van der Waals surface area contributed by atoms with E-state index in [0.717, 1.165) is 10.9 Å². The van der Waals surface area contributed by atoms with Crippen LogP contribution in [0.5, 0.6) is 0 Å². The Bertz CT molecular complexity index is 402. The van der Waals surface area contributed by atoms with Gasteiger partial charge in [-0.25, -0.2) is 0 Å². The maximum absolute atomic E-state index is 10.9. The SMILES string of the molecule is NC(=O)C1=CN(O)N(c2ccccc2)C1. The van der Waals surface area contributed by atoms with Crippen LogP contribution >= 0.6 is 0 Å². The van der Waals surface area contributed by atoms with Crippen LogP contribution in [0.25, 0.3) is 0 Å². The third-order valence-electron chi connectivity index (χ3n) is 2.21. The molecule has 1 heterocycles. The highest BCUT2D eigenvalue weighted by atomic mass is 16.5. The standard InChI is InChI=1S/C10H11N3O2/c11-10(14)8-6-12(13(15)7-8)9-4-2-1-3-5-9/h1-5,7,15H,6H2,(H2,11,14). The van der Waals surface area contributed by atoms with E-state index in [-0.39, 0.29) is 6.54 Å². The van der Waals surface area contributed by atoms with Crippen LogP contribution in [0.1, 0.15) is 0 Å². The zero-order valence-corrected chi connectivity index (χ0v) is 8.00. The van der Waals surface area contributed by atoms with E-state index in [1.807, 2.05) is 30.3 Å². The molecule has 0 saturated carbocycles. The number of para-hydroxylation sites is 1. The number of carbonyl (C=O) groups excluding carboxylic acids is 1. The zero-order chi connectivity index (χ0) is 10.8. The topological polar surface area (TPSA) is 69.8 Å². The molecule has 15 heavy (non-hydrogen) atoms. The van der Waals surface area contributed by atoms with Crippen LogP contribution in [0.2, 0.25) is 0 Å². The van der Waals surface area contributed by atoms with E-state index in [1.165, 1.54) is 6.20 Å². The molecule has 0 bridgehead atoms. The van der Waals surface area contributed by atoms with Crippen molar-refractivity contribution >= 4 is 11.6 Å². The van der Waals surface area contributed by atoms with Gasteiger partial charge in [0, 0.05) is 0 Å². The van der Waals surface area contributed by atoms with E-state index in [0.29, 0.717) is 5.57 Å². The quantitative estimate of drug-likeness (QED) is 0.736.